The van der Waals surface area contributed by atoms with Gasteiger partial charge in [-0.1, -0.05) is 23.6 Å². The van der Waals surface area contributed by atoms with E-state index in [1.54, 1.807) is 6.07 Å². The highest BCUT2D eigenvalue weighted by Crippen LogP contribution is 2.50. The molecule has 4 aliphatic heterocycles. The van der Waals surface area contributed by atoms with Crippen molar-refractivity contribution < 1.29 is 32.1 Å². The maximum atomic E-state index is 17.4. The average molecular weight is 754 g/mol. The van der Waals surface area contributed by atoms with Gasteiger partial charge in [-0.3, -0.25) is 0 Å². The van der Waals surface area contributed by atoms with E-state index in [2.05, 4.69) is 21.1 Å². The molecule has 5 fully saturated rings. The minimum atomic E-state index is -4.77. The number of hydrogen-bond acceptors (Lipinski definition) is 9. The number of nitrogens with one attached hydrogen (secondary N) is 1. The Balaban J connectivity index is 1.18. The molecule has 0 radical (unpaired) electrons. The summed E-state index contributed by atoms with van der Waals surface area (Å²) in [6, 6.07) is 7.36. The number of aromatic nitrogens is 2. The summed E-state index contributed by atoms with van der Waals surface area (Å²) in [5, 5.41) is 15.3. The zero-order chi connectivity index (χ0) is 35.9. The fraction of sp³-hybridized carbons (Fsp3) is 0.474. The lowest BCUT2D eigenvalue weighted by Crippen LogP contribution is -2.51. The van der Waals surface area contributed by atoms with Gasteiger partial charge < -0.3 is 29.7 Å². The molecule has 4 atom stereocenters. The highest BCUT2D eigenvalue weighted by Gasteiger charge is 2.48. The Kier molecular flexibility index (Phi) is 8.43. The van der Waals surface area contributed by atoms with Crippen molar-refractivity contribution in [1.82, 2.24) is 20.2 Å². The van der Waals surface area contributed by atoms with Crippen molar-refractivity contribution in [3.05, 3.63) is 46.7 Å². The lowest BCUT2D eigenvalue weighted by Gasteiger charge is -2.34. The van der Waals surface area contributed by atoms with E-state index < -0.39 is 33.5 Å². The van der Waals surface area contributed by atoms with E-state index in [1.807, 2.05) is 4.90 Å². The molecular weight excluding hydrogens is 718 g/mol. The molecule has 1 aliphatic carbocycles. The molecule has 2 unspecified atom stereocenters. The Hall–Kier alpha value is -3.54. The number of nitrogens with zero attached hydrogens (tertiary/aromatic N) is 4. The van der Waals surface area contributed by atoms with Crippen LogP contribution >= 0.6 is 23.4 Å². The monoisotopic (exact) mass is 753 g/mol. The number of halogens is 5. The van der Waals surface area contributed by atoms with Crippen LogP contribution in [0.25, 0.3) is 32.8 Å². The quantitative estimate of drug-likeness (QED) is 0.110. The van der Waals surface area contributed by atoms with Crippen LogP contribution in [-0.4, -0.2) is 90.1 Å². The SMILES string of the molecule is C#Cc1c(Cl)ccc2cc(O)cc(-c3c(SC(F)(F)F)cc4c(N5CC6CCC(C5)N6)nc(OCC5(CN6C[C@H]7COC[C@@H]7C6)CC5)nc4c3F)c12. The van der Waals surface area contributed by atoms with Gasteiger partial charge in [0.25, 0.3) is 0 Å². The number of rotatable bonds is 8. The molecule has 272 valence electrons. The molecule has 3 aromatic carbocycles. The molecule has 14 heteroatoms. The van der Waals surface area contributed by atoms with E-state index >= 15 is 4.39 Å². The number of phenols is 1. The second kappa shape index (κ2) is 12.8. The molecule has 4 saturated heterocycles. The standard InChI is InChI=1S/C38H36ClF4N5O3S/c1-2-26-29(39)6-3-20-9-25(49)10-27(31(20)26)32-30(52-38(41,42)43)11-28-34(33(32)40)45-36(46-35(28)48-14-23-4-5-24(15-48)44-23)51-19-37(7-8-37)18-47-12-21-16-50-17-22(21)13-47/h1,3,6,9-11,21-24,44,49H,4-5,7-8,12-19H2/t21-,22-,23?,24?/m0/s1. The number of anilines is 1. The van der Waals surface area contributed by atoms with Gasteiger partial charge in [-0.2, -0.15) is 23.1 Å². The molecule has 1 saturated carbocycles. The summed E-state index contributed by atoms with van der Waals surface area (Å²) < 4.78 is 72.3. The van der Waals surface area contributed by atoms with Gasteiger partial charge in [0.05, 0.1) is 30.4 Å². The third-order valence-electron chi connectivity index (χ3n) is 11.4. The second-order valence-corrected chi connectivity index (χ2v) is 16.6. The van der Waals surface area contributed by atoms with Crippen molar-refractivity contribution in [2.24, 2.45) is 17.3 Å². The zero-order valence-corrected chi connectivity index (χ0v) is 29.7. The topological polar surface area (TPSA) is 83.0 Å². The highest BCUT2D eigenvalue weighted by atomic mass is 35.5. The third kappa shape index (κ3) is 6.30. The summed E-state index contributed by atoms with van der Waals surface area (Å²) in [7, 11) is 0. The zero-order valence-electron chi connectivity index (χ0n) is 28.1. The molecule has 2 N–H and O–H groups in total. The summed E-state index contributed by atoms with van der Waals surface area (Å²) in [5.41, 5.74) is -5.28. The van der Waals surface area contributed by atoms with Gasteiger partial charge >= 0.3 is 11.5 Å². The molecular formula is C38H36ClF4N5O3S. The molecule has 8 nitrogen and oxygen atoms in total. The predicted octanol–water partition coefficient (Wildman–Crippen LogP) is 7.22. The normalized spacial score (nSPS) is 25.2. The number of thioether (sulfide) groups is 1. The number of alkyl halides is 3. The van der Waals surface area contributed by atoms with Gasteiger partial charge in [-0.15, -0.1) is 6.42 Å². The van der Waals surface area contributed by atoms with E-state index in [0.29, 0.717) is 42.7 Å². The van der Waals surface area contributed by atoms with Gasteiger partial charge in [0, 0.05) is 83.3 Å². The second-order valence-electron chi connectivity index (χ2n) is 15.1. The van der Waals surface area contributed by atoms with Crippen LogP contribution in [0.1, 0.15) is 31.2 Å². The fourth-order valence-corrected chi connectivity index (χ4v) is 9.73. The molecule has 4 aromatic rings. The Morgan fingerprint density at radius 1 is 1.08 bits per heavy atom. The van der Waals surface area contributed by atoms with E-state index in [4.69, 9.17) is 32.5 Å². The van der Waals surface area contributed by atoms with Crippen molar-refractivity contribution >= 4 is 50.9 Å². The minimum Gasteiger partial charge on any atom is -0.508 e. The first-order chi connectivity index (χ1) is 25.0. The molecule has 0 spiro atoms. The minimum absolute atomic E-state index is 0.0273. The van der Waals surface area contributed by atoms with E-state index in [9.17, 15) is 18.3 Å². The van der Waals surface area contributed by atoms with Gasteiger partial charge in [0.2, 0.25) is 0 Å². The number of likely N-dealkylation sites (tertiary alicyclic amines) is 1. The number of terminal acetylenes is 1. The fourth-order valence-electron chi connectivity index (χ4n) is 8.79. The summed E-state index contributed by atoms with van der Waals surface area (Å²) in [6.07, 6.45) is 9.72. The van der Waals surface area contributed by atoms with E-state index in [1.165, 1.54) is 24.3 Å². The largest absolute Gasteiger partial charge is 0.508 e. The first-order valence-corrected chi connectivity index (χ1v) is 18.8. The number of aromatic hydroxyl groups is 1. The molecule has 0 amide bonds. The van der Waals surface area contributed by atoms with Crippen LogP contribution in [-0.2, 0) is 4.74 Å². The van der Waals surface area contributed by atoms with Crippen LogP contribution in [0, 0.1) is 35.4 Å². The Morgan fingerprint density at radius 3 is 2.48 bits per heavy atom. The molecule has 5 heterocycles. The number of piperazine rings is 1. The van der Waals surface area contributed by atoms with Crippen molar-refractivity contribution in [3.8, 4) is 35.2 Å². The van der Waals surface area contributed by atoms with Crippen LogP contribution in [0.5, 0.6) is 11.8 Å². The molecule has 5 aliphatic rings. The third-order valence-corrected chi connectivity index (χ3v) is 12.5. The Bertz CT molecular complexity index is 2120. The molecule has 2 bridgehead atoms. The van der Waals surface area contributed by atoms with Crippen molar-refractivity contribution in [2.75, 3.05) is 57.4 Å². The van der Waals surface area contributed by atoms with Crippen molar-refractivity contribution in [3.63, 3.8) is 0 Å². The highest BCUT2D eigenvalue weighted by molar-refractivity contribution is 8.00. The number of benzene rings is 3. The van der Waals surface area contributed by atoms with Crippen LogP contribution < -0.4 is 15.0 Å². The van der Waals surface area contributed by atoms with Crippen LogP contribution in [0.3, 0.4) is 0 Å². The lowest BCUT2D eigenvalue weighted by molar-refractivity contribution is -0.0328. The van der Waals surface area contributed by atoms with Crippen LogP contribution in [0.15, 0.2) is 35.2 Å². The van der Waals surface area contributed by atoms with Gasteiger partial charge in [-0.05, 0) is 72.7 Å². The maximum absolute atomic E-state index is 17.4. The first-order valence-electron chi connectivity index (χ1n) is 17.6. The van der Waals surface area contributed by atoms with Gasteiger partial charge in [0.15, 0.2) is 5.82 Å². The predicted molar refractivity (Wildman–Crippen MR) is 193 cm³/mol. The van der Waals surface area contributed by atoms with E-state index in [0.717, 1.165) is 58.5 Å². The Morgan fingerprint density at radius 2 is 1.81 bits per heavy atom. The smallest absolute Gasteiger partial charge is 0.446 e. The van der Waals surface area contributed by atoms with Crippen molar-refractivity contribution in [2.45, 2.75) is 48.2 Å². The summed E-state index contributed by atoms with van der Waals surface area (Å²) in [6.45, 7) is 5.93. The van der Waals surface area contributed by atoms with Crippen LogP contribution in [0.2, 0.25) is 5.02 Å². The molecule has 9 rings (SSSR count). The summed E-state index contributed by atoms with van der Waals surface area (Å²) in [4.78, 5) is 13.5. The van der Waals surface area contributed by atoms with Gasteiger partial charge in [0.1, 0.15) is 17.1 Å². The first kappa shape index (κ1) is 34.2. The Labute approximate surface area is 307 Å². The maximum Gasteiger partial charge on any atom is 0.446 e. The van der Waals surface area contributed by atoms with E-state index in [-0.39, 0.29) is 61.7 Å². The summed E-state index contributed by atoms with van der Waals surface area (Å²) >= 11 is 6.02. The number of fused-ring (bicyclic) bond motifs is 5. The number of hydrogen-bond donors (Lipinski definition) is 2. The van der Waals surface area contributed by atoms with Crippen molar-refractivity contribution in [1.29, 1.82) is 0 Å². The van der Waals surface area contributed by atoms with Gasteiger partial charge in [-0.25, -0.2) is 4.39 Å². The molecule has 1 aromatic heterocycles. The number of ether oxygens (including phenoxy) is 2. The van der Waals surface area contributed by atoms with Crippen LogP contribution in [0.4, 0.5) is 23.4 Å². The average Bonchev–Trinajstić information content (AvgIpc) is 3.33. The summed E-state index contributed by atoms with van der Waals surface area (Å²) in [5.74, 6) is 2.69. The number of phenolic OH excluding ortho intramolecular Hbond substituents is 1. The lowest BCUT2D eigenvalue weighted by atomic mass is 9.93. The molecule has 52 heavy (non-hydrogen) atoms.